The van der Waals surface area contributed by atoms with Crippen LogP contribution in [-0.2, 0) is 10.8 Å². The van der Waals surface area contributed by atoms with Gasteiger partial charge in [-0.25, -0.2) is 4.98 Å². The zero-order valence-corrected chi connectivity index (χ0v) is 29.8. The minimum Gasteiger partial charge on any atom is -0.436 e. The van der Waals surface area contributed by atoms with Crippen molar-refractivity contribution in [2.24, 2.45) is 0 Å². The highest BCUT2D eigenvalue weighted by Crippen LogP contribution is 2.66. The van der Waals surface area contributed by atoms with Crippen LogP contribution in [-0.4, -0.2) is 4.98 Å². The summed E-state index contributed by atoms with van der Waals surface area (Å²) >= 11 is 0. The van der Waals surface area contributed by atoms with Crippen molar-refractivity contribution in [3.8, 4) is 44.8 Å². The summed E-state index contributed by atoms with van der Waals surface area (Å²) < 4.78 is 6.77. The standard InChI is InChI=1S/C49H38N2O/c1-48(2)37-23-13-11-21-35(37)41-43(47-50-39-25-15-16-26-40(39)52-47)42-36-22-12-14-24-38(36)49(3,4)45(42)46(44(41)48)51(33-19-9-6-10-20-33)34-29-27-32(28-30-34)31-17-7-5-8-18-31/h5-30H,1-4H3. The molecule has 0 amide bonds. The highest BCUT2D eigenvalue weighted by molar-refractivity contribution is 6.09. The Morgan fingerprint density at radius 2 is 0.942 bits per heavy atom. The van der Waals surface area contributed by atoms with Crippen LogP contribution in [0.1, 0.15) is 49.9 Å². The van der Waals surface area contributed by atoms with E-state index in [2.05, 4.69) is 166 Å². The second-order valence-corrected chi connectivity index (χ2v) is 15.1. The SMILES string of the molecule is CC1(C)c2ccccc2-c2c(-c3nc4ccccc4o3)c3c(c(N(c4ccccc4)c4ccc(-c5ccccc5)cc4)c21)C(C)(C)c1ccccc1-3. The topological polar surface area (TPSA) is 29.3 Å². The number of fused-ring (bicyclic) bond motifs is 7. The largest absolute Gasteiger partial charge is 0.436 e. The van der Waals surface area contributed by atoms with E-state index >= 15 is 0 Å². The molecule has 1 heterocycles. The maximum Gasteiger partial charge on any atom is 0.228 e. The molecule has 1 aromatic heterocycles. The summed E-state index contributed by atoms with van der Waals surface area (Å²) in [6.45, 7) is 9.56. The first kappa shape index (κ1) is 30.6. The fourth-order valence-electron chi connectivity index (χ4n) is 9.09. The van der Waals surface area contributed by atoms with Gasteiger partial charge in [-0.2, -0.15) is 0 Å². The van der Waals surface area contributed by atoms with Gasteiger partial charge in [-0.05, 0) is 80.9 Å². The number of anilines is 3. The van der Waals surface area contributed by atoms with Gasteiger partial charge in [0.1, 0.15) is 5.52 Å². The van der Waals surface area contributed by atoms with E-state index < -0.39 is 0 Å². The first-order valence-electron chi connectivity index (χ1n) is 18.2. The van der Waals surface area contributed by atoms with Gasteiger partial charge < -0.3 is 9.32 Å². The molecule has 7 aromatic carbocycles. The van der Waals surface area contributed by atoms with E-state index in [1.807, 2.05) is 24.3 Å². The predicted molar refractivity (Wildman–Crippen MR) is 215 cm³/mol. The van der Waals surface area contributed by atoms with Crippen LogP contribution in [0.25, 0.3) is 55.9 Å². The average Bonchev–Trinajstić information content (AvgIpc) is 3.79. The highest BCUT2D eigenvalue weighted by atomic mass is 16.3. The molecule has 10 rings (SSSR count). The molecule has 0 radical (unpaired) electrons. The molecule has 0 aliphatic heterocycles. The van der Waals surface area contributed by atoms with Crippen molar-refractivity contribution in [1.82, 2.24) is 4.98 Å². The average molecular weight is 671 g/mol. The van der Waals surface area contributed by atoms with Crippen molar-refractivity contribution in [3.05, 3.63) is 180 Å². The number of rotatable bonds is 5. The smallest absolute Gasteiger partial charge is 0.228 e. The molecule has 8 aromatic rings. The van der Waals surface area contributed by atoms with Crippen LogP contribution >= 0.6 is 0 Å². The van der Waals surface area contributed by atoms with Crippen molar-refractivity contribution >= 4 is 28.2 Å². The van der Waals surface area contributed by atoms with Gasteiger partial charge in [0.2, 0.25) is 5.89 Å². The zero-order valence-electron chi connectivity index (χ0n) is 29.8. The van der Waals surface area contributed by atoms with Gasteiger partial charge in [0.25, 0.3) is 0 Å². The molecular weight excluding hydrogens is 633 g/mol. The van der Waals surface area contributed by atoms with Crippen molar-refractivity contribution in [3.63, 3.8) is 0 Å². The van der Waals surface area contributed by atoms with Gasteiger partial charge in [0, 0.05) is 33.3 Å². The molecule has 0 unspecified atom stereocenters. The van der Waals surface area contributed by atoms with Crippen LogP contribution < -0.4 is 4.90 Å². The minimum atomic E-state index is -0.334. The third-order valence-corrected chi connectivity index (χ3v) is 11.4. The molecule has 52 heavy (non-hydrogen) atoms. The van der Waals surface area contributed by atoms with Gasteiger partial charge in [0.05, 0.1) is 11.3 Å². The first-order valence-corrected chi connectivity index (χ1v) is 18.2. The summed E-state index contributed by atoms with van der Waals surface area (Å²) in [5.74, 6) is 0.665. The van der Waals surface area contributed by atoms with Crippen molar-refractivity contribution in [2.75, 3.05) is 4.90 Å². The summed E-state index contributed by atoms with van der Waals surface area (Å²) in [5.41, 5.74) is 18.0. The Hall–Kier alpha value is -6.19. The lowest BCUT2D eigenvalue weighted by molar-refractivity contribution is 0.618. The Morgan fingerprint density at radius 1 is 0.462 bits per heavy atom. The number of hydrogen-bond acceptors (Lipinski definition) is 3. The number of benzene rings is 7. The Balaban J connectivity index is 1.38. The third kappa shape index (κ3) is 4.29. The Kier molecular flexibility index (Phi) is 6.57. The Bertz CT molecular complexity index is 2550. The summed E-state index contributed by atoms with van der Waals surface area (Å²) in [7, 11) is 0. The van der Waals surface area contributed by atoms with E-state index in [4.69, 9.17) is 9.40 Å². The van der Waals surface area contributed by atoms with Crippen LogP contribution in [0, 0.1) is 0 Å². The van der Waals surface area contributed by atoms with E-state index in [0.717, 1.165) is 28.0 Å². The lowest BCUT2D eigenvalue weighted by atomic mass is 9.74. The molecule has 2 aliphatic carbocycles. The van der Waals surface area contributed by atoms with Gasteiger partial charge in [-0.1, -0.05) is 149 Å². The van der Waals surface area contributed by atoms with E-state index in [0.29, 0.717) is 5.89 Å². The molecule has 0 saturated carbocycles. The van der Waals surface area contributed by atoms with E-state index in [1.54, 1.807) is 0 Å². The fraction of sp³-hybridized carbons (Fsp3) is 0.122. The Labute approximate surface area is 304 Å². The van der Waals surface area contributed by atoms with Crippen LogP contribution in [0.2, 0.25) is 0 Å². The molecule has 0 fully saturated rings. The molecule has 0 atom stereocenters. The predicted octanol–water partition coefficient (Wildman–Crippen LogP) is 13.2. The number of oxazole rings is 1. The van der Waals surface area contributed by atoms with Gasteiger partial charge in [0.15, 0.2) is 5.58 Å². The number of para-hydroxylation sites is 3. The second kappa shape index (κ2) is 11.2. The molecule has 2 aliphatic rings. The number of nitrogens with zero attached hydrogens (tertiary/aromatic N) is 2. The molecule has 3 nitrogen and oxygen atoms in total. The summed E-state index contributed by atoms with van der Waals surface area (Å²) in [5, 5.41) is 0. The summed E-state index contributed by atoms with van der Waals surface area (Å²) in [6, 6.07) is 56.6. The van der Waals surface area contributed by atoms with Crippen molar-refractivity contribution in [2.45, 2.75) is 38.5 Å². The molecule has 0 saturated heterocycles. The number of aromatic nitrogens is 1. The van der Waals surface area contributed by atoms with Gasteiger partial charge in [-0.15, -0.1) is 0 Å². The van der Waals surface area contributed by atoms with Gasteiger partial charge in [-0.3, -0.25) is 0 Å². The van der Waals surface area contributed by atoms with Crippen LogP contribution in [0.15, 0.2) is 162 Å². The second-order valence-electron chi connectivity index (χ2n) is 15.1. The maximum atomic E-state index is 6.77. The number of hydrogen-bond donors (Lipinski definition) is 0. The van der Waals surface area contributed by atoms with E-state index in [1.165, 1.54) is 61.3 Å². The van der Waals surface area contributed by atoms with Crippen LogP contribution in [0.4, 0.5) is 17.1 Å². The van der Waals surface area contributed by atoms with Crippen LogP contribution in [0.5, 0.6) is 0 Å². The molecule has 250 valence electrons. The normalized spacial score (nSPS) is 14.5. The molecule has 0 bridgehead atoms. The molecule has 3 heteroatoms. The maximum absolute atomic E-state index is 6.77. The first-order chi connectivity index (χ1) is 25.3. The molecule has 0 N–H and O–H groups in total. The monoisotopic (exact) mass is 670 g/mol. The zero-order chi connectivity index (χ0) is 35.2. The lowest BCUT2D eigenvalue weighted by Gasteiger charge is -2.37. The minimum absolute atomic E-state index is 0.334. The lowest BCUT2D eigenvalue weighted by Crippen LogP contribution is -2.26. The van der Waals surface area contributed by atoms with Crippen molar-refractivity contribution in [1.29, 1.82) is 0 Å². The highest BCUT2D eigenvalue weighted by Gasteiger charge is 2.49. The summed E-state index contributed by atoms with van der Waals surface area (Å²) in [4.78, 5) is 7.75. The molecule has 0 spiro atoms. The van der Waals surface area contributed by atoms with Gasteiger partial charge >= 0.3 is 0 Å². The van der Waals surface area contributed by atoms with Crippen LogP contribution in [0.3, 0.4) is 0 Å². The third-order valence-electron chi connectivity index (χ3n) is 11.4. The van der Waals surface area contributed by atoms with Crippen molar-refractivity contribution < 1.29 is 4.42 Å². The van der Waals surface area contributed by atoms with E-state index in [9.17, 15) is 0 Å². The Morgan fingerprint density at radius 3 is 1.54 bits per heavy atom. The quantitative estimate of drug-likeness (QED) is 0.182. The van der Waals surface area contributed by atoms with E-state index in [-0.39, 0.29) is 10.8 Å². The molecular formula is C49H38N2O. The fourth-order valence-corrected chi connectivity index (χ4v) is 9.09. The summed E-state index contributed by atoms with van der Waals surface area (Å²) in [6.07, 6.45) is 0.